The highest BCUT2D eigenvalue weighted by Gasteiger charge is 2.17. The van der Waals surface area contributed by atoms with Crippen LogP contribution in [0.2, 0.25) is 0 Å². The number of hydrogen-bond donors (Lipinski definition) is 3. The van der Waals surface area contributed by atoms with Crippen LogP contribution in [0.15, 0.2) is 18.2 Å². The number of carbonyl (C=O) groups is 2. The summed E-state index contributed by atoms with van der Waals surface area (Å²) >= 11 is 0. The molecule has 0 bridgehead atoms. The molecule has 4 N–H and O–H groups in total. The van der Waals surface area contributed by atoms with Crippen molar-refractivity contribution in [2.45, 2.75) is 12.5 Å². The fraction of sp³-hybridized carbons (Fsp3) is 0.333. The monoisotopic (exact) mass is 318 g/mol. The molecular weight excluding hydrogens is 303 g/mol. The van der Waals surface area contributed by atoms with Gasteiger partial charge >= 0.3 is 5.97 Å². The number of nitrogens with one attached hydrogen (secondary N) is 1. The standard InChI is InChI=1S/C12H15FN2O5S/c1-21(19,20)5-4-10(14)11(16)15-7-2-3-9(13)8(6-7)12(17)18/h2-3,6,10H,4-5,14H2,1H3,(H,15,16)(H,17,18). The van der Waals surface area contributed by atoms with Gasteiger partial charge in [0.15, 0.2) is 0 Å². The van der Waals surface area contributed by atoms with Gasteiger partial charge in [-0.15, -0.1) is 0 Å². The fourth-order valence-corrected chi connectivity index (χ4v) is 2.16. The van der Waals surface area contributed by atoms with Crippen molar-refractivity contribution < 1.29 is 27.5 Å². The third-order valence-electron chi connectivity index (χ3n) is 2.60. The van der Waals surface area contributed by atoms with Gasteiger partial charge < -0.3 is 16.2 Å². The van der Waals surface area contributed by atoms with Gasteiger partial charge in [0, 0.05) is 11.9 Å². The van der Waals surface area contributed by atoms with Crippen LogP contribution in [-0.4, -0.2) is 43.5 Å². The molecule has 1 amide bonds. The maximum atomic E-state index is 13.2. The van der Waals surface area contributed by atoms with E-state index in [9.17, 15) is 22.4 Å². The minimum atomic E-state index is -3.24. The number of aromatic carboxylic acids is 1. The van der Waals surface area contributed by atoms with Crippen molar-refractivity contribution in [3.63, 3.8) is 0 Å². The molecule has 0 spiro atoms. The normalized spacial score (nSPS) is 12.7. The Bertz CT molecular complexity index is 660. The number of carboxylic acid groups (broad SMARTS) is 1. The van der Waals surface area contributed by atoms with Crippen LogP contribution in [0.3, 0.4) is 0 Å². The van der Waals surface area contributed by atoms with E-state index < -0.39 is 39.1 Å². The van der Waals surface area contributed by atoms with Gasteiger partial charge in [-0.3, -0.25) is 4.79 Å². The van der Waals surface area contributed by atoms with Crippen molar-refractivity contribution in [2.75, 3.05) is 17.3 Å². The second-order valence-electron chi connectivity index (χ2n) is 4.51. The Morgan fingerprint density at radius 2 is 2.05 bits per heavy atom. The van der Waals surface area contributed by atoms with E-state index in [1.165, 1.54) is 6.07 Å². The summed E-state index contributed by atoms with van der Waals surface area (Å²) < 4.78 is 35.1. The molecule has 0 fully saturated rings. The minimum absolute atomic E-state index is 0.0635. The molecule has 0 saturated heterocycles. The zero-order valence-corrected chi connectivity index (χ0v) is 12.0. The van der Waals surface area contributed by atoms with Crippen molar-refractivity contribution >= 4 is 27.4 Å². The van der Waals surface area contributed by atoms with Gasteiger partial charge in [0.25, 0.3) is 0 Å². The molecular formula is C12H15FN2O5S. The van der Waals surface area contributed by atoms with Crippen molar-refractivity contribution in [3.8, 4) is 0 Å². The van der Waals surface area contributed by atoms with Gasteiger partial charge in [0.2, 0.25) is 5.91 Å². The maximum Gasteiger partial charge on any atom is 0.338 e. The summed E-state index contributed by atoms with van der Waals surface area (Å²) in [5.74, 6) is -3.32. The van der Waals surface area contributed by atoms with Crippen molar-refractivity contribution in [2.24, 2.45) is 5.73 Å². The molecule has 0 saturated carbocycles. The van der Waals surface area contributed by atoms with Crippen LogP contribution in [0, 0.1) is 5.82 Å². The zero-order chi connectivity index (χ0) is 16.2. The number of carboxylic acids is 1. The largest absolute Gasteiger partial charge is 0.478 e. The van der Waals surface area contributed by atoms with E-state index in [0.717, 1.165) is 18.4 Å². The lowest BCUT2D eigenvalue weighted by Gasteiger charge is -2.12. The Hall–Kier alpha value is -2.00. The molecule has 0 aliphatic heterocycles. The molecule has 116 valence electrons. The average molecular weight is 318 g/mol. The van der Waals surface area contributed by atoms with Gasteiger partial charge in [-0.25, -0.2) is 17.6 Å². The van der Waals surface area contributed by atoms with Crippen molar-refractivity contribution in [1.82, 2.24) is 0 Å². The first-order valence-corrected chi connectivity index (χ1v) is 7.93. The second kappa shape index (κ2) is 6.64. The number of carbonyl (C=O) groups excluding carboxylic acids is 1. The number of sulfone groups is 1. The van der Waals surface area contributed by atoms with Crippen molar-refractivity contribution in [3.05, 3.63) is 29.6 Å². The molecule has 0 aliphatic rings. The van der Waals surface area contributed by atoms with Crippen LogP contribution in [0.25, 0.3) is 0 Å². The van der Waals surface area contributed by atoms with E-state index in [-0.39, 0.29) is 17.9 Å². The summed E-state index contributed by atoms with van der Waals surface area (Å²) in [5, 5.41) is 11.1. The summed E-state index contributed by atoms with van der Waals surface area (Å²) in [6.45, 7) is 0. The first kappa shape index (κ1) is 17.1. The highest BCUT2D eigenvalue weighted by atomic mass is 32.2. The lowest BCUT2D eigenvalue weighted by Crippen LogP contribution is -2.37. The van der Waals surface area contributed by atoms with Gasteiger partial charge in [0.05, 0.1) is 17.4 Å². The SMILES string of the molecule is CS(=O)(=O)CCC(N)C(=O)Nc1ccc(F)c(C(=O)O)c1. The predicted octanol–water partition coefficient (Wildman–Crippen LogP) is 0.224. The second-order valence-corrected chi connectivity index (χ2v) is 6.77. The van der Waals surface area contributed by atoms with Crippen LogP contribution in [0.1, 0.15) is 16.8 Å². The first-order valence-electron chi connectivity index (χ1n) is 5.87. The summed E-state index contributed by atoms with van der Waals surface area (Å²) in [7, 11) is -3.24. The molecule has 7 nitrogen and oxygen atoms in total. The van der Waals surface area contributed by atoms with Crippen LogP contribution in [0.5, 0.6) is 0 Å². The van der Waals surface area contributed by atoms with E-state index in [4.69, 9.17) is 10.8 Å². The number of amides is 1. The summed E-state index contributed by atoms with van der Waals surface area (Å²) in [6.07, 6.45) is 0.953. The Morgan fingerprint density at radius 3 is 2.57 bits per heavy atom. The van der Waals surface area contributed by atoms with E-state index in [2.05, 4.69) is 5.32 Å². The van der Waals surface area contributed by atoms with Crippen LogP contribution >= 0.6 is 0 Å². The number of benzene rings is 1. The third-order valence-corrected chi connectivity index (χ3v) is 3.58. The third kappa shape index (κ3) is 5.48. The molecule has 1 aromatic carbocycles. The average Bonchev–Trinajstić information content (AvgIpc) is 2.36. The van der Waals surface area contributed by atoms with E-state index in [1.807, 2.05) is 0 Å². The lowest BCUT2D eigenvalue weighted by atomic mass is 10.1. The van der Waals surface area contributed by atoms with Gasteiger partial charge in [0.1, 0.15) is 15.7 Å². The molecule has 9 heteroatoms. The first-order chi connectivity index (χ1) is 9.60. The van der Waals surface area contributed by atoms with Crippen LogP contribution in [-0.2, 0) is 14.6 Å². The Morgan fingerprint density at radius 1 is 1.43 bits per heavy atom. The highest BCUT2D eigenvalue weighted by molar-refractivity contribution is 7.90. The van der Waals surface area contributed by atoms with E-state index in [0.29, 0.717) is 0 Å². The van der Waals surface area contributed by atoms with Crippen molar-refractivity contribution in [1.29, 1.82) is 0 Å². The molecule has 21 heavy (non-hydrogen) atoms. The number of hydrogen-bond acceptors (Lipinski definition) is 5. The summed E-state index contributed by atoms with van der Waals surface area (Å²) in [5.41, 5.74) is 5.01. The van der Waals surface area contributed by atoms with Gasteiger partial charge in [-0.2, -0.15) is 0 Å². The Kier molecular flexibility index (Phi) is 5.39. The number of nitrogens with two attached hydrogens (primary N) is 1. The summed E-state index contributed by atoms with van der Waals surface area (Å²) in [6, 6.07) is 1.97. The zero-order valence-electron chi connectivity index (χ0n) is 11.2. The lowest BCUT2D eigenvalue weighted by molar-refractivity contribution is -0.117. The molecule has 0 aliphatic carbocycles. The number of anilines is 1. The molecule has 1 unspecified atom stereocenters. The van der Waals surface area contributed by atoms with E-state index in [1.54, 1.807) is 0 Å². The highest BCUT2D eigenvalue weighted by Crippen LogP contribution is 2.15. The molecule has 0 radical (unpaired) electrons. The Balaban J connectivity index is 2.75. The maximum absolute atomic E-state index is 13.2. The molecule has 1 atom stereocenters. The molecule has 1 rings (SSSR count). The smallest absolute Gasteiger partial charge is 0.338 e. The summed E-state index contributed by atoms with van der Waals surface area (Å²) in [4.78, 5) is 22.5. The van der Waals surface area contributed by atoms with E-state index >= 15 is 0 Å². The number of halogens is 1. The number of rotatable bonds is 6. The Labute approximate surface area is 120 Å². The van der Waals surface area contributed by atoms with Crippen LogP contribution < -0.4 is 11.1 Å². The van der Waals surface area contributed by atoms with Gasteiger partial charge in [-0.05, 0) is 24.6 Å². The fourth-order valence-electron chi connectivity index (χ4n) is 1.47. The van der Waals surface area contributed by atoms with Gasteiger partial charge in [-0.1, -0.05) is 0 Å². The molecule has 1 aromatic rings. The minimum Gasteiger partial charge on any atom is -0.478 e. The quantitative estimate of drug-likeness (QED) is 0.689. The molecule has 0 aromatic heterocycles. The predicted molar refractivity (Wildman–Crippen MR) is 74.3 cm³/mol. The molecule has 0 heterocycles. The van der Waals surface area contributed by atoms with Crippen LogP contribution in [0.4, 0.5) is 10.1 Å². The topological polar surface area (TPSA) is 127 Å².